The van der Waals surface area contributed by atoms with E-state index in [-0.39, 0.29) is 11.2 Å². The minimum absolute atomic E-state index is 0.0905. The molecule has 2 atom stereocenters. The second-order valence-corrected chi connectivity index (χ2v) is 7.11. The van der Waals surface area contributed by atoms with Crippen LogP contribution in [0.3, 0.4) is 0 Å². The Balaban J connectivity index is 1.70. The first-order valence-corrected chi connectivity index (χ1v) is 8.20. The lowest BCUT2D eigenvalue weighted by Gasteiger charge is -2.24. The summed E-state index contributed by atoms with van der Waals surface area (Å²) in [5, 5.41) is 9.33. The Morgan fingerprint density at radius 3 is 2.81 bits per heavy atom. The van der Waals surface area contributed by atoms with Crippen molar-refractivity contribution in [1.82, 2.24) is 4.90 Å². The van der Waals surface area contributed by atoms with E-state index in [1.54, 1.807) is 16.7 Å². The molecule has 1 N–H and O–H groups in total. The third-order valence-electron chi connectivity index (χ3n) is 4.72. The Morgan fingerprint density at radius 1 is 1.43 bits per heavy atom. The summed E-state index contributed by atoms with van der Waals surface area (Å²) in [5.74, 6) is -0.685. The summed E-state index contributed by atoms with van der Waals surface area (Å²) in [5.41, 5.74) is 0.478. The molecule has 1 saturated heterocycles. The number of benzene rings is 1. The van der Waals surface area contributed by atoms with E-state index < -0.39 is 11.4 Å². The van der Waals surface area contributed by atoms with Crippen LogP contribution in [0.2, 0.25) is 0 Å². The zero-order valence-electron chi connectivity index (χ0n) is 12.0. The fourth-order valence-corrected chi connectivity index (χ4v) is 4.48. The number of fused-ring (bicyclic) bond motifs is 1. The van der Waals surface area contributed by atoms with Crippen LogP contribution in [0.5, 0.6) is 0 Å². The molecule has 2 aliphatic rings. The van der Waals surface area contributed by atoms with Crippen LogP contribution in [0.25, 0.3) is 0 Å². The third kappa shape index (κ3) is 2.44. The van der Waals surface area contributed by atoms with Crippen LogP contribution in [-0.4, -0.2) is 40.2 Å². The number of carbonyl (C=O) groups is 2. The highest BCUT2D eigenvalue weighted by atomic mass is 32.2. The van der Waals surface area contributed by atoms with E-state index in [0.29, 0.717) is 25.9 Å². The number of carbonyl (C=O) groups excluding carboxylic acids is 1. The Morgan fingerprint density at radius 2 is 2.19 bits per heavy atom. The lowest BCUT2D eigenvalue weighted by atomic mass is 9.84. The van der Waals surface area contributed by atoms with Gasteiger partial charge in [-0.3, -0.25) is 9.59 Å². The van der Waals surface area contributed by atoms with Crippen LogP contribution in [0.15, 0.2) is 29.2 Å². The van der Waals surface area contributed by atoms with E-state index >= 15 is 0 Å². The summed E-state index contributed by atoms with van der Waals surface area (Å²) >= 11 is 1.61. The van der Waals surface area contributed by atoms with E-state index in [4.69, 9.17) is 0 Å². The Kier molecular flexibility index (Phi) is 3.69. The number of nitrogens with zero attached hydrogens (tertiary/aromatic N) is 1. The molecule has 5 heteroatoms. The number of carboxylic acid groups (broad SMARTS) is 1. The van der Waals surface area contributed by atoms with Crippen molar-refractivity contribution < 1.29 is 14.7 Å². The van der Waals surface area contributed by atoms with Crippen LogP contribution in [0, 0.1) is 5.41 Å². The normalized spacial score (nSPS) is 27.7. The van der Waals surface area contributed by atoms with Crippen molar-refractivity contribution in [2.24, 2.45) is 5.41 Å². The third-order valence-corrected chi connectivity index (χ3v) is 6.02. The zero-order chi connectivity index (χ0) is 15.0. The molecule has 0 radical (unpaired) electrons. The van der Waals surface area contributed by atoms with E-state index in [1.807, 2.05) is 25.1 Å². The summed E-state index contributed by atoms with van der Waals surface area (Å²) in [6.45, 7) is 2.81. The Labute approximate surface area is 128 Å². The van der Waals surface area contributed by atoms with Gasteiger partial charge in [-0.05, 0) is 30.9 Å². The predicted octanol–water partition coefficient (Wildman–Crippen LogP) is 2.42. The lowest BCUT2D eigenvalue weighted by Crippen LogP contribution is -2.40. The molecule has 1 amide bonds. The number of likely N-dealkylation sites (tertiary alicyclic amines) is 1. The molecule has 0 spiro atoms. The molecule has 2 heterocycles. The molecular formula is C16H19NO3S. The molecule has 21 heavy (non-hydrogen) atoms. The number of aliphatic carboxylic acids is 1. The van der Waals surface area contributed by atoms with Gasteiger partial charge < -0.3 is 10.0 Å². The van der Waals surface area contributed by atoms with Crippen LogP contribution in [0.4, 0.5) is 0 Å². The summed E-state index contributed by atoms with van der Waals surface area (Å²) in [6.07, 6.45) is 1.89. The van der Waals surface area contributed by atoms with Gasteiger partial charge in [0.25, 0.3) is 0 Å². The topological polar surface area (TPSA) is 57.6 Å². The molecular weight excluding hydrogens is 286 g/mol. The molecule has 1 aromatic rings. The van der Waals surface area contributed by atoms with Gasteiger partial charge in [-0.2, -0.15) is 0 Å². The molecule has 0 aromatic heterocycles. The second kappa shape index (κ2) is 5.37. The van der Waals surface area contributed by atoms with Gasteiger partial charge in [0.1, 0.15) is 0 Å². The van der Waals surface area contributed by atoms with Crippen molar-refractivity contribution >= 4 is 23.6 Å². The fraction of sp³-hybridized carbons (Fsp3) is 0.500. The standard InChI is InChI=1S/C16H19NO3S/c1-2-16(15(19)20)7-8-17(10-16)14(18)13-9-11-5-3-4-6-12(11)21-13/h3-6,13H,2,7-10H2,1H3,(H,19,20). The minimum atomic E-state index is -0.775. The van der Waals surface area contributed by atoms with E-state index in [0.717, 1.165) is 6.42 Å². The maximum absolute atomic E-state index is 12.7. The number of hydrogen-bond acceptors (Lipinski definition) is 3. The quantitative estimate of drug-likeness (QED) is 0.932. The number of rotatable bonds is 3. The summed E-state index contributed by atoms with van der Waals surface area (Å²) in [6, 6.07) is 8.09. The number of thioether (sulfide) groups is 1. The van der Waals surface area contributed by atoms with Crippen molar-refractivity contribution in [3.63, 3.8) is 0 Å². The predicted molar refractivity (Wildman–Crippen MR) is 81.3 cm³/mol. The van der Waals surface area contributed by atoms with Gasteiger partial charge >= 0.3 is 5.97 Å². The molecule has 0 aliphatic carbocycles. The van der Waals surface area contributed by atoms with Crippen molar-refractivity contribution in [1.29, 1.82) is 0 Å². The van der Waals surface area contributed by atoms with Gasteiger partial charge in [-0.25, -0.2) is 0 Å². The monoisotopic (exact) mass is 305 g/mol. The van der Waals surface area contributed by atoms with Gasteiger partial charge in [-0.15, -0.1) is 11.8 Å². The highest BCUT2D eigenvalue weighted by Gasteiger charge is 2.46. The first kappa shape index (κ1) is 14.4. The molecule has 1 fully saturated rings. The van der Waals surface area contributed by atoms with Crippen molar-refractivity contribution in [3.8, 4) is 0 Å². The molecule has 0 saturated carbocycles. The second-order valence-electron chi connectivity index (χ2n) is 5.87. The molecule has 112 valence electrons. The molecule has 3 rings (SSSR count). The van der Waals surface area contributed by atoms with Crippen LogP contribution >= 0.6 is 11.8 Å². The SMILES string of the molecule is CCC1(C(=O)O)CCN(C(=O)C2Cc3ccccc3S2)C1. The first-order valence-electron chi connectivity index (χ1n) is 7.32. The van der Waals surface area contributed by atoms with E-state index in [9.17, 15) is 14.7 Å². The average Bonchev–Trinajstić information content (AvgIpc) is 3.11. The highest BCUT2D eigenvalue weighted by Crippen LogP contribution is 2.40. The van der Waals surface area contributed by atoms with Crippen molar-refractivity contribution in [2.45, 2.75) is 36.3 Å². The maximum Gasteiger partial charge on any atom is 0.311 e. The molecule has 1 aromatic carbocycles. The van der Waals surface area contributed by atoms with Crippen LogP contribution in [0.1, 0.15) is 25.3 Å². The number of carboxylic acids is 1. The van der Waals surface area contributed by atoms with Gasteiger partial charge in [-0.1, -0.05) is 25.1 Å². The smallest absolute Gasteiger partial charge is 0.311 e. The van der Waals surface area contributed by atoms with Crippen molar-refractivity contribution in [2.75, 3.05) is 13.1 Å². The van der Waals surface area contributed by atoms with Gasteiger partial charge in [0.05, 0.1) is 10.7 Å². The molecule has 2 aliphatic heterocycles. The Hall–Kier alpha value is -1.49. The minimum Gasteiger partial charge on any atom is -0.481 e. The Bertz CT molecular complexity index is 564. The van der Waals surface area contributed by atoms with Crippen molar-refractivity contribution in [3.05, 3.63) is 29.8 Å². The largest absolute Gasteiger partial charge is 0.481 e. The highest BCUT2D eigenvalue weighted by molar-refractivity contribution is 8.01. The summed E-state index contributed by atoms with van der Waals surface area (Å²) in [4.78, 5) is 27.1. The summed E-state index contributed by atoms with van der Waals surface area (Å²) in [7, 11) is 0. The lowest BCUT2D eigenvalue weighted by molar-refractivity contribution is -0.148. The average molecular weight is 305 g/mol. The number of amides is 1. The molecule has 4 nitrogen and oxygen atoms in total. The van der Waals surface area contributed by atoms with E-state index in [1.165, 1.54) is 10.5 Å². The van der Waals surface area contributed by atoms with Gasteiger partial charge in [0.2, 0.25) is 5.91 Å². The van der Waals surface area contributed by atoms with E-state index in [2.05, 4.69) is 6.07 Å². The van der Waals surface area contributed by atoms with Crippen LogP contribution < -0.4 is 0 Å². The summed E-state index contributed by atoms with van der Waals surface area (Å²) < 4.78 is 0. The van der Waals surface area contributed by atoms with Crippen LogP contribution in [-0.2, 0) is 16.0 Å². The molecule has 0 bridgehead atoms. The maximum atomic E-state index is 12.7. The first-order chi connectivity index (χ1) is 10.1. The zero-order valence-corrected chi connectivity index (χ0v) is 12.9. The fourth-order valence-electron chi connectivity index (χ4n) is 3.20. The number of hydrogen-bond donors (Lipinski definition) is 1. The van der Waals surface area contributed by atoms with Gasteiger partial charge in [0.15, 0.2) is 0 Å². The molecule has 2 unspecified atom stereocenters. The van der Waals surface area contributed by atoms with Gasteiger partial charge in [0, 0.05) is 18.0 Å².